The van der Waals surface area contributed by atoms with Gasteiger partial charge in [0.1, 0.15) is 0 Å². The Morgan fingerprint density at radius 3 is 2.74 bits per heavy atom. The highest BCUT2D eigenvalue weighted by molar-refractivity contribution is 5.97. The van der Waals surface area contributed by atoms with Gasteiger partial charge < -0.3 is 19.8 Å². The number of nitrogens with zero attached hydrogens (tertiary/aromatic N) is 1. The predicted octanol–water partition coefficient (Wildman–Crippen LogP) is 1.39. The van der Waals surface area contributed by atoms with E-state index in [-0.39, 0.29) is 35.6 Å². The van der Waals surface area contributed by atoms with E-state index >= 15 is 0 Å². The number of hydrogen-bond acceptors (Lipinski definition) is 4. The topological polar surface area (TPSA) is 70.0 Å². The maximum atomic E-state index is 12.5. The van der Waals surface area contributed by atoms with Gasteiger partial charge in [-0.15, -0.1) is 0 Å². The molecule has 5 heteroatoms. The molecule has 2 N–H and O–H groups in total. The summed E-state index contributed by atoms with van der Waals surface area (Å²) in [6, 6.07) is 5.02. The van der Waals surface area contributed by atoms with E-state index < -0.39 is 0 Å². The second-order valence-electron chi connectivity index (χ2n) is 4.66. The molecule has 1 aliphatic rings. The highest BCUT2D eigenvalue weighted by Crippen LogP contribution is 2.32. The number of benzene rings is 1. The Bertz CT molecular complexity index is 457. The number of para-hydroxylation sites is 1. The average Bonchev–Trinajstić information content (AvgIpc) is 2.35. The molecule has 104 valence electrons. The molecule has 0 aliphatic heterocycles. The van der Waals surface area contributed by atoms with Crippen molar-refractivity contribution in [3.8, 4) is 11.5 Å². The van der Waals surface area contributed by atoms with Crippen molar-refractivity contribution >= 4 is 5.91 Å². The van der Waals surface area contributed by atoms with Gasteiger partial charge >= 0.3 is 0 Å². The van der Waals surface area contributed by atoms with Gasteiger partial charge in [0, 0.05) is 12.6 Å². The molecular weight excluding hydrogens is 246 g/mol. The molecule has 1 amide bonds. The van der Waals surface area contributed by atoms with Crippen molar-refractivity contribution < 1.29 is 19.7 Å². The molecule has 0 unspecified atom stereocenters. The molecule has 0 aromatic heterocycles. The molecule has 1 aromatic carbocycles. The van der Waals surface area contributed by atoms with Crippen molar-refractivity contribution in [3.05, 3.63) is 23.8 Å². The Balaban J connectivity index is 2.25. The van der Waals surface area contributed by atoms with Gasteiger partial charge in [0.15, 0.2) is 11.5 Å². The van der Waals surface area contributed by atoms with Crippen LogP contribution in [0.3, 0.4) is 0 Å². The summed E-state index contributed by atoms with van der Waals surface area (Å²) in [6.45, 7) is 0.215. The molecular formula is C14H19NO4. The molecule has 1 aromatic rings. The van der Waals surface area contributed by atoms with Crippen LogP contribution in [0.4, 0.5) is 0 Å². The maximum absolute atomic E-state index is 12.5. The normalized spacial score (nSPS) is 14.8. The van der Waals surface area contributed by atoms with Gasteiger partial charge in [-0.05, 0) is 31.4 Å². The Morgan fingerprint density at radius 1 is 1.47 bits per heavy atom. The fourth-order valence-electron chi connectivity index (χ4n) is 2.27. The lowest BCUT2D eigenvalue weighted by molar-refractivity contribution is 0.0522. The maximum Gasteiger partial charge on any atom is 0.258 e. The number of rotatable bonds is 5. The summed E-state index contributed by atoms with van der Waals surface area (Å²) in [5, 5.41) is 19.1. The number of ether oxygens (including phenoxy) is 1. The SMILES string of the molecule is COc1cccc(C(=O)N(CCO)C2CCC2)c1O. The van der Waals surface area contributed by atoms with Gasteiger partial charge in [-0.2, -0.15) is 0 Å². The number of hydrogen-bond donors (Lipinski definition) is 2. The summed E-state index contributed by atoms with van der Waals surface area (Å²) in [6.07, 6.45) is 3.01. The fourth-order valence-corrected chi connectivity index (χ4v) is 2.27. The molecule has 0 spiro atoms. The first kappa shape index (κ1) is 13.7. The van der Waals surface area contributed by atoms with Crippen LogP contribution in [0.1, 0.15) is 29.6 Å². The molecule has 0 saturated heterocycles. The third-order valence-corrected chi connectivity index (χ3v) is 3.57. The lowest BCUT2D eigenvalue weighted by Gasteiger charge is -2.37. The van der Waals surface area contributed by atoms with Crippen LogP contribution >= 0.6 is 0 Å². The van der Waals surface area contributed by atoms with E-state index in [0.717, 1.165) is 19.3 Å². The zero-order valence-corrected chi connectivity index (χ0v) is 11.0. The van der Waals surface area contributed by atoms with Crippen molar-refractivity contribution in [2.75, 3.05) is 20.3 Å². The third kappa shape index (κ3) is 2.66. The quantitative estimate of drug-likeness (QED) is 0.844. The van der Waals surface area contributed by atoms with Crippen molar-refractivity contribution in [1.29, 1.82) is 0 Å². The zero-order valence-electron chi connectivity index (χ0n) is 11.0. The Kier molecular flexibility index (Phi) is 4.27. The molecule has 1 saturated carbocycles. The second kappa shape index (κ2) is 5.93. The van der Waals surface area contributed by atoms with Crippen molar-refractivity contribution in [2.45, 2.75) is 25.3 Å². The first-order valence-electron chi connectivity index (χ1n) is 6.46. The Morgan fingerprint density at radius 2 is 2.21 bits per heavy atom. The van der Waals surface area contributed by atoms with Crippen LogP contribution < -0.4 is 4.74 Å². The first-order valence-corrected chi connectivity index (χ1v) is 6.46. The van der Waals surface area contributed by atoms with E-state index in [1.165, 1.54) is 7.11 Å². The molecule has 1 aliphatic carbocycles. The van der Waals surface area contributed by atoms with E-state index in [0.29, 0.717) is 6.54 Å². The van der Waals surface area contributed by atoms with Gasteiger partial charge in [0.05, 0.1) is 19.3 Å². The van der Waals surface area contributed by atoms with Crippen LogP contribution in [0.5, 0.6) is 11.5 Å². The van der Waals surface area contributed by atoms with Crippen molar-refractivity contribution in [3.63, 3.8) is 0 Å². The number of phenols is 1. The Labute approximate surface area is 112 Å². The molecule has 0 radical (unpaired) electrons. The van der Waals surface area contributed by atoms with Crippen LogP contribution in [0.15, 0.2) is 18.2 Å². The van der Waals surface area contributed by atoms with Crippen LogP contribution in [0.2, 0.25) is 0 Å². The molecule has 0 heterocycles. The molecule has 1 fully saturated rings. The summed E-state index contributed by atoms with van der Waals surface area (Å²) in [5.74, 6) is -0.115. The lowest BCUT2D eigenvalue weighted by atomic mass is 9.91. The summed E-state index contributed by atoms with van der Waals surface area (Å²) >= 11 is 0. The molecule has 0 atom stereocenters. The minimum atomic E-state index is -0.254. The van der Waals surface area contributed by atoms with E-state index in [1.807, 2.05) is 0 Å². The lowest BCUT2D eigenvalue weighted by Crippen LogP contribution is -2.45. The minimum Gasteiger partial charge on any atom is -0.504 e. The first-order chi connectivity index (χ1) is 9.19. The standard InChI is InChI=1S/C14H19NO4/c1-19-12-7-3-6-11(13(12)17)14(18)15(8-9-16)10-4-2-5-10/h3,6-7,10,16-17H,2,4-5,8-9H2,1H3. The largest absolute Gasteiger partial charge is 0.504 e. The van der Waals surface area contributed by atoms with Crippen LogP contribution in [0, 0.1) is 0 Å². The minimum absolute atomic E-state index is 0.0764. The summed E-state index contributed by atoms with van der Waals surface area (Å²) < 4.78 is 5.01. The van der Waals surface area contributed by atoms with E-state index in [9.17, 15) is 9.90 Å². The van der Waals surface area contributed by atoms with E-state index in [1.54, 1.807) is 23.1 Å². The molecule has 2 rings (SSSR count). The summed E-state index contributed by atoms with van der Waals surface area (Å²) in [7, 11) is 1.45. The number of phenolic OH excluding ortho intramolecular Hbond substituents is 1. The molecule has 0 bridgehead atoms. The number of amides is 1. The van der Waals surface area contributed by atoms with Crippen molar-refractivity contribution in [2.24, 2.45) is 0 Å². The molecule has 19 heavy (non-hydrogen) atoms. The molecule has 5 nitrogen and oxygen atoms in total. The van der Waals surface area contributed by atoms with Gasteiger partial charge in [0.2, 0.25) is 0 Å². The second-order valence-corrected chi connectivity index (χ2v) is 4.66. The summed E-state index contributed by atoms with van der Waals surface area (Å²) in [5.41, 5.74) is 0.222. The average molecular weight is 265 g/mol. The fraction of sp³-hybridized carbons (Fsp3) is 0.500. The van der Waals surface area contributed by atoms with Gasteiger partial charge in [-0.25, -0.2) is 0 Å². The van der Waals surface area contributed by atoms with Crippen LogP contribution in [0.25, 0.3) is 0 Å². The Hall–Kier alpha value is -1.75. The number of aliphatic hydroxyl groups is 1. The number of carbonyl (C=O) groups excluding carboxylic acids is 1. The predicted molar refractivity (Wildman–Crippen MR) is 70.4 cm³/mol. The van der Waals surface area contributed by atoms with Gasteiger partial charge in [0.25, 0.3) is 5.91 Å². The monoisotopic (exact) mass is 265 g/mol. The van der Waals surface area contributed by atoms with Gasteiger partial charge in [-0.3, -0.25) is 4.79 Å². The van der Waals surface area contributed by atoms with E-state index in [2.05, 4.69) is 0 Å². The van der Waals surface area contributed by atoms with Crippen LogP contribution in [-0.2, 0) is 0 Å². The third-order valence-electron chi connectivity index (χ3n) is 3.57. The smallest absolute Gasteiger partial charge is 0.258 e. The van der Waals surface area contributed by atoms with Crippen molar-refractivity contribution in [1.82, 2.24) is 4.90 Å². The number of methoxy groups -OCH3 is 1. The highest BCUT2D eigenvalue weighted by Gasteiger charge is 2.30. The van der Waals surface area contributed by atoms with Gasteiger partial charge in [-0.1, -0.05) is 6.07 Å². The number of aromatic hydroxyl groups is 1. The van der Waals surface area contributed by atoms with E-state index in [4.69, 9.17) is 9.84 Å². The zero-order chi connectivity index (χ0) is 13.8. The number of carbonyl (C=O) groups is 1. The highest BCUT2D eigenvalue weighted by atomic mass is 16.5. The number of aliphatic hydroxyl groups excluding tert-OH is 1. The van der Waals surface area contributed by atoms with Crippen LogP contribution in [-0.4, -0.2) is 47.3 Å². The summed E-state index contributed by atoms with van der Waals surface area (Å²) in [4.78, 5) is 14.1.